The van der Waals surface area contributed by atoms with Crippen molar-refractivity contribution in [2.24, 2.45) is 11.7 Å². The zero-order valence-corrected chi connectivity index (χ0v) is 14.6. The number of hydrogen-bond acceptors (Lipinski definition) is 2. The predicted molar refractivity (Wildman–Crippen MR) is 94.4 cm³/mol. The van der Waals surface area contributed by atoms with Gasteiger partial charge in [0.15, 0.2) is 0 Å². The molecule has 0 spiro atoms. The summed E-state index contributed by atoms with van der Waals surface area (Å²) in [5, 5.41) is 3.22. The molecule has 0 aromatic heterocycles. The Hall–Kier alpha value is -0.800. The van der Waals surface area contributed by atoms with Gasteiger partial charge in [-0.1, -0.05) is 79.0 Å². The second kappa shape index (κ2) is 26.7. The molecule has 0 fully saturated rings. The fourth-order valence-electron chi connectivity index (χ4n) is 0.757. The summed E-state index contributed by atoms with van der Waals surface area (Å²) in [5.74, 6) is 0.603. The van der Waals surface area contributed by atoms with E-state index in [1.807, 2.05) is 0 Å². The fraction of sp³-hybridized carbons (Fsp3) is 0.706. The Morgan fingerprint density at radius 3 is 1.50 bits per heavy atom. The molecule has 5 N–H and O–H groups in total. The van der Waals surface area contributed by atoms with Gasteiger partial charge in [-0.05, 0) is 19.0 Å². The van der Waals surface area contributed by atoms with Gasteiger partial charge in [0.25, 0.3) is 0 Å². The maximum atomic E-state index is 4.61. The van der Waals surface area contributed by atoms with Crippen LogP contribution in [0.3, 0.4) is 0 Å². The molecule has 1 heterocycles. The van der Waals surface area contributed by atoms with Crippen molar-refractivity contribution in [1.82, 2.24) is 5.32 Å². The molecule has 0 aromatic carbocycles. The Balaban J connectivity index is -0.0000000927. The molecular weight excluding hydrogens is 248 g/mol. The second-order valence-corrected chi connectivity index (χ2v) is 4.60. The van der Waals surface area contributed by atoms with Gasteiger partial charge >= 0.3 is 0 Å². The molecule has 0 aromatic rings. The number of hydrogen-bond donors (Lipinski definition) is 2. The van der Waals surface area contributed by atoms with E-state index in [1.165, 1.54) is 31.9 Å². The van der Waals surface area contributed by atoms with Gasteiger partial charge in [0, 0.05) is 12.6 Å². The normalized spacial score (nSPS) is 18.7. The maximum absolute atomic E-state index is 4.61. The maximum Gasteiger partial charge on any atom is 0.0292 e. The zero-order valence-electron chi connectivity index (χ0n) is 14.6. The first-order chi connectivity index (χ1) is 9.03. The van der Waals surface area contributed by atoms with Crippen LogP contribution in [-0.2, 0) is 0 Å². The summed E-state index contributed by atoms with van der Waals surface area (Å²) in [4.78, 5) is 0. The van der Waals surface area contributed by atoms with Gasteiger partial charge in [-0.15, -0.1) is 0 Å². The average molecular weight is 288 g/mol. The molecule has 3 nitrogen and oxygen atoms in total. The standard InChI is InChI=1S/C7H12N.2C4H10.C2H5N.H2O/c1-6-3-4-7(2)8-5-6;2*1-3-4-2;1-2-3;/h3-8H,1-2H3;2*3-4H2,1-2H3;2H,1,3H2;1H2. The smallest absolute Gasteiger partial charge is 0.0292 e. The minimum atomic E-state index is 0. The molecule has 0 amide bonds. The van der Waals surface area contributed by atoms with E-state index in [0.717, 1.165) is 0 Å². The third-order valence-corrected chi connectivity index (χ3v) is 2.33. The van der Waals surface area contributed by atoms with Gasteiger partial charge in [-0.2, -0.15) is 0 Å². The molecule has 0 aliphatic carbocycles. The highest BCUT2D eigenvalue weighted by Crippen LogP contribution is 2.06. The molecular formula is C17H39N2O. The van der Waals surface area contributed by atoms with E-state index in [0.29, 0.717) is 12.0 Å². The van der Waals surface area contributed by atoms with Gasteiger partial charge in [-0.3, -0.25) is 0 Å². The SMILES string of the molecule is C=CN.CC1[CH]NC(C)C=C1.CCCC.CCCC.O. The summed E-state index contributed by atoms with van der Waals surface area (Å²) in [7, 11) is 0. The van der Waals surface area contributed by atoms with Crippen LogP contribution >= 0.6 is 0 Å². The lowest BCUT2D eigenvalue weighted by Crippen LogP contribution is -2.27. The van der Waals surface area contributed by atoms with E-state index >= 15 is 0 Å². The average Bonchev–Trinajstić information content (AvgIpc) is 2.43. The summed E-state index contributed by atoms with van der Waals surface area (Å²) >= 11 is 0. The lowest BCUT2D eigenvalue weighted by Gasteiger charge is -2.17. The van der Waals surface area contributed by atoms with Crippen LogP contribution < -0.4 is 11.1 Å². The minimum Gasteiger partial charge on any atom is -0.412 e. The molecule has 2 atom stereocenters. The van der Waals surface area contributed by atoms with E-state index in [-0.39, 0.29) is 5.48 Å². The summed E-state index contributed by atoms with van der Waals surface area (Å²) in [6.45, 7) is 18.3. The van der Waals surface area contributed by atoms with E-state index in [9.17, 15) is 0 Å². The largest absolute Gasteiger partial charge is 0.412 e. The molecule has 0 bridgehead atoms. The zero-order chi connectivity index (χ0) is 15.5. The summed E-state index contributed by atoms with van der Waals surface area (Å²) in [6.07, 6.45) is 10.9. The second-order valence-electron chi connectivity index (χ2n) is 4.60. The Morgan fingerprint density at radius 2 is 1.35 bits per heavy atom. The fourth-order valence-corrected chi connectivity index (χ4v) is 0.757. The highest BCUT2D eigenvalue weighted by molar-refractivity contribution is 5.03. The van der Waals surface area contributed by atoms with Crippen molar-refractivity contribution in [3.63, 3.8) is 0 Å². The van der Waals surface area contributed by atoms with Crippen LogP contribution in [-0.4, -0.2) is 11.5 Å². The lowest BCUT2D eigenvalue weighted by molar-refractivity contribution is 0.608. The molecule has 20 heavy (non-hydrogen) atoms. The first-order valence-corrected chi connectivity index (χ1v) is 7.64. The van der Waals surface area contributed by atoms with Crippen LogP contribution in [0.4, 0.5) is 0 Å². The molecule has 0 saturated heterocycles. The summed E-state index contributed by atoms with van der Waals surface area (Å²) in [6, 6.07) is 0.534. The van der Waals surface area contributed by atoms with E-state index in [4.69, 9.17) is 0 Å². The molecule has 123 valence electrons. The van der Waals surface area contributed by atoms with E-state index < -0.39 is 0 Å². The van der Waals surface area contributed by atoms with Gasteiger partial charge in [-0.25, -0.2) is 0 Å². The quantitative estimate of drug-likeness (QED) is 0.747. The van der Waals surface area contributed by atoms with Gasteiger partial charge in [0.05, 0.1) is 0 Å². The molecule has 3 heteroatoms. The minimum absolute atomic E-state index is 0. The van der Waals surface area contributed by atoms with E-state index in [2.05, 4.69) is 77.9 Å². The van der Waals surface area contributed by atoms with Crippen molar-refractivity contribution in [2.75, 3.05) is 0 Å². The monoisotopic (exact) mass is 287 g/mol. The molecule has 1 rings (SSSR count). The van der Waals surface area contributed by atoms with Crippen molar-refractivity contribution >= 4 is 0 Å². The third-order valence-electron chi connectivity index (χ3n) is 2.33. The van der Waals surface area contributed by atoms with Crippen molar-refractivity contribution in [1.29, 1.82) is 0 Å². The van der Waals surface area contributed by atoms with Crippen molar-refractivity contribution in [3.05, 3.63) is 31.5 Å². The molecule has 1 aliphatic rings. The van der Waals surface area contributed by atoms with Crippen LogP contribution in [0.15, 0.2) is 24.9 Å². The lowest BCUT2D eigenvalue weighted by atomic mass is 10.1. The van der Waals surface area contributed by atoms with E-state index in [1.54, 1.807) is 0 Å². The highest BCUT2D eigenvalue weighted by Gasteiger charge is 2.05. The number of rotatable bonds is 2. The number of unbranched alkanes of at least 4 members (excludes halogenated alkanes) is 2. The van der Waals surface area contributed by atoms with Crippen LogP contribution in [0.5, 0.6) is 0 Å². The van der Waals surface area contributed by atoms with Crippen LogP contribution in [0.1, 0.15) is 67.2 Å². The highest BCUT2D eigenvalue weighted by atomic mass is 16.0. The first kappa shape index (κ1) is 27.5. The Morgan fingerprint density at radius 1 is 1.00 bits per heavy atom. The van der Waals surface area contributed by atoms with Crippen LogP contribution in [0, 0.1) is 12.5 Å². The van der Waals surface area contributed by atoms with Crippen molar-refractivity contribution in [3.8, 4) is 0 Å². The Labute approximate surface area is 128 Å². The van der Waals surface area contributed by atoms with Crippen molar-refractivity contribution < 1.29 is 5.48 Å². The Kier molecular flexibility index (Phi) is 36.8. The topological polar surface area (TPSA) is 69.5 Å². The van der Waals surface area contributed by atoms with Gasteiger partial charge < -0.3 is 16.5 Å². The van der Waals surface area contributed by atoms with Gasteiger partial charge in [0.1, 0.15) is 0 Å². The van der Waals surface area contributed by atoms with Crippen molar-refractivity contribution in [2.45, 2.75) is 73.3 Å². The van der Waals surface area contributed by atoms with Gasteiger partial charge in [0.2, 0.25) is 0 Å². The number of nitrogens with two attached hydrogens (primary N) is 1. The third kappa shape index (κ3) is 36.0. The summed E-state index contributed by atoms with van der Waals surface area (Å²) < 4.78 is 0. The molecule has 1 radical (unpaired) electrons. The first-order valence-electron chi connectivity index (χ1n) is 7.64. The molecule has 2 unspecified atom stereocenters. The van der Waals surface area contributed by atoms with Crippen LogP contribution in [0.2, 0.25) is 0 Å². The number of nitrogens with one attached hydrogen (secondary N) is 1. The molecule has 1 aliphatic heterocycles. The predicted octanol–water partition coefficient (Wildman–Crippen LogP) is 4.21. The Bertz CT molecular complexity index is 162. The van der Waals surface area contributed by atoms with Crippen LogP contribution in [0.25, 0.3) is 0 Å². The summed E-state index contributed by atoms with van der Waals surface area (Å²) in [5.41, 5.74) is 4.61. The molecule has 0 saturated carbocycles.